The van der Waals surface area contributed by atoms with Gasteiger partial charge in [0.25, 0.3) is 0 Å². The molecule has 0 radical (unpaired) electrons. The first-order valence-electron chi connectivity index (χ1n) is 5.26. The molecule has 1 nitrogen and oxygen atoms in total. The number of nitrogens with two attached hydrogens (primary N) is 1. The monoisotopic (exact) mass is 209 g/mol. The van der Waals surface area contributed by atoms with Gasteiger partial charge in [0.1, 0.15) is 0 Å². The van der Waals surface area contributed by atoms with Crippen LogP contribution in [0.1, 0.15) is 24.8 Å². The predicted molar refractivity (Wildman–Crippen MR) is 53.4 cm³/mol. The summed E-state index contributed by atoms with van der Waals surface area (Å²) in [7, 11) is 0. The smallest absolute Gasteiger partial charge is 0.162 e. The van der Waals surface area contributed by atoms with Crippen LogP contribution in [-0.4, -0.2) is 6.54 Å². The highest BCUT2D eigenvalue weighted by Gasteiger charge is 2.68. The molecule has 3 aliphatic carbocycles. The van der Waals surface area contributed by atoms with Gasteiger partial charge < -0.3 is 5.73 Å². The molecule has 0 saturated heterocycles. The van der Waals surface area contributed by atoms with Crippen LogP contribution in [-0.2, 0) is 5.41 Å². The fourth-order valence-corrected chi connectivity index (χ4v) is 3.41. The molecular weight excluding hydrogens is 196 g/mol. The second-order valence-electron chi connectivity index (χ2n) is 5.12. The standard InChI is InChI=1S/C12H13F2N/c13-9-3-1-2-8(10(9)14)12-4-11(5-12,6-12)7-15/h1-3H,4-7,15H2. The molecule has 3 aliphatic rings. The van der Waals surface area contributed by atoms with Crippen LogP contribution in [0.25, 0.3) is 0 Å². The van der Waals surface area contributed by atoms with Crippen molar-refractivity contribution >= 4 is 0 Å². The van der Waals surface area contributed by atoms with Gasteiger partial charge in [0, 0.05) is 5.41 Å². The van der Waals surface area contributed by atoms with Crippen LogP contribution in [0.5, 0.6) is 0 Å². The molecule has 3 fully saturated rings. The van der Waals surface area contributed by atoms with Crippen LogP contribution in [0, 0.1) is 17.0 Å². The number of halogens is 2. The summed E-state index contributed by atoms with van der Waals surface area (Å²) in [5, 5.41) is 0. The number of rotatable bonds is 2. The van der Waals surface area contributed by atoms with E-state index >= 15 is 0 Å². The highest BCUT2D eigenvalue weighted by Crippen LogP contribution is 2.73. The minimum atomic E-state index is -0.737. The van der Waals surface area contributed by atoms with Gasteiger partial charge in [-0.2, -0.15) is 0 Å². The van der Waals surface area contributed by atoms with Crippen LogP contribution in [0.15, 0.2) is 18.2 Å². The van der Waals surface area contributed by atoms with Crippen LogP contribution in [0.3, 0.4) is 0 Å². The molecule has 0 aliphatic heterocycles. The van der Waals surface area contributed by atoms with E-state index in [0.29, 0.717) is 12.1 Å². The zero-order valence-electron chi connectivity index (χ0n) is 8.39. The first kappa shape index (κ1) is 9.28. The molecule has 0 atom stereocenters. The summed E-state index contributed by atoms with van der Waals surface area (Å²) in [6.07, 6.45) is 2.78. The molecule has 3 saturated carbocycles. The Hall–Kier alpha value is -0.960. The van der Waals surface area contributed by atoms with Gasteiger partial charge in [0.2, 0.25) is 0 Å². The third-order valence-corrected chi connectivity index (χ3v) is 4.10. The fourth-order valence-electron chi connectivity index (χ4n) is 3.41. The van der Waals surface area contributed by atoms with Gasteiger partial charge in [0.05, 0.1) is 0 Å². The molecule has 2 N–H and O–H groups in total. The normalized spacial score (nSPS) is 37.0. The maximum Gasteiger partial charge on any atom is 0.162 e. The van der Waals surface area contributed by atoms with E-state index in [1.165, 1.54) is 6.07 Å². The van der Waals surface area contributed by atoms with Gasteiger partial charge in [-0.05, 0) is 42.9 Å². The van der Waals surface area contributed by atoms with Crippen LogP contribution >= 0.6 is 0 Å². The van der Waals surface area contributed by atoms with E-state index in [0.717, 1.165) is 19.3 Å². The molecule has 0 amide bonds. The summed E-state index contributed by atoms with van der Waals surface area (Å²) >= 11 is 0. The second-order valence-corrected chi connectivity index (χ2v) is 5.12. The molecule has 0 unspecified atom stereocenters. The summed E-state index contributed by atoms with van der Waals surface area (Å²) < 4.78 is 26.6. The molecule has 1 aromatic rings. The number of benzene rings is 1. The zero-order chi connectivity index (χ0) is 10.7. The van der Waals surface area contributed by atoms with Gasteiger partial charge in [0.15, 0.2) is 11.6 Å². The van der Waals surface area contributed by atoms with Gasteiger partial charge in [-0.1, -0.05) is 12.1 Å². The highest BCUT2D eigenvalue weighted by atomic mass is 19.2. The molecule has 2 bridgehead atoms. The Morgan fingerprint density at radius 3 is 2.47 bits per heavy atom. The minimum absolute atomic E-state index is 0.0917. The molecule has 0 spiro atoms. The Kier molecular flexibility index (Phi) is 1.60. The van der Waals surface area contributed by atoms with Crippen molar-refractivity contribution in [3.63, 3.8) is 0 Å². The van der Waals surface area contributed by atoms with E-state index in [-0.39, 0.29) is 10.8 Å². The SMILES string of the molecule is NCC12CC(c3cccc(F)c3F)(C1)C2. The molecular formula is C12H13F2N. The van der Waals surface area contributed by atoms with Gasteiger partial charge in [-0.3, -0.25) is 0 Å². The van der Waals surface area contributed by atoms with Crippen LogP contribution in [0.2, 0.25) is 0 Å². The maximum absolute atomic E-state index is 13.6. The average molecular weight is 209 g/mol. The lowest BCUT2D eigenvalue weighted by Crippen LogP contribution is -2.67. The van der Waals surface area contributed by atoms with E-state index in [1.54, 1.807) is 12.1 Å². The lowest BCUT2D eigenvalue weighted by molar-refractivity contribution is -0.134. The molecule has 4 rings (SSSR count). The van der Waals surface area contributed by atoms with E-state index in [4.69, 9.17) is 5.73 Å². The van der Waals surface area contributed by atoms with Crippen molar-refractivity contribution in [1.29, 1.82) is 0 Å². The van der Waals surface area contributed by atoms with Crippen molar-refractivity contribution in [1.82, 2.24) is 0 Å². The summed E-state index contributed by atoms with van der Waals surface area (Å²) in [4.78, 5) is 0. The number of hydrogen-bond acceptors (Lipinski definition) is 1. The first-order valence-corrected chi connectivity index (χ1v) is 5.26. The largest absolute Gasteiger partial charge is 0.330 e. The average Bonchev–Trinajstić information content (AvgIpc) is 2.08. The van der Waals surface area contributed by atoms with Crippen molar-refractivity contribution in [2.75, 3.05) is 6.54 Å². The Bertz CT molecular complexity index is 408. The molecule has 3 heteroatoms. The predicted octanol–water partition coefficient (Wildman–Crippen LogP) is 2.35. The summed E-state index contributed by atoms with van der Waals surface area (Å²) in [5.41, 5.74) is 6.35. The third-order valence-electron chi connectivity index (χ3n) is 4.10. The summed E-state index contributed by atoms with van der Waals surface area (Å²) in [6, 6.07) is 4.46. The fraction of sp³-hybridized carbons (Fsp3) is 0.500. The second kappa shape index (κ2) is 2.59. The van der Waals surface area contributed by atoms with E-state index in [2.05, 4.69) is 0 Å². The topological polar surface area (TPSA) is 26.0 Å². The highest BCUT2D eigenvalue weighted by molar-refractivity contribution is 5.39. The minimum Gasteiger partial charge on any atom is -0.330 e. The Morgan fingerprint density at radius 1 is 1.20 bits per heavy atom. The first-order chi connectivity index (χ1) is 7.11. The van der Waals surface area contributed by atoms with Crippen LogP contribution < -0.4 is 5.73 Å². The third kappa shape index (κ3) is 0.991. The lowest BCUT2D eigenvalue weighted by Gasteiger charge is -2.71. The van der Waals surface area contributed by atoms with Gasteiger partial charge in [-0.15, -0.1) is 0 Å². The lowest BCUT2D eigenvalue weighted by atomic mass is 9.33. The zero-order valence-corrected chi connectivity index (χ0v) is 8.39. The van der Waals surface area contributed by atoms with Crippen LogP contribution in [0.4, 0.5) is 8.78 Å². The molecule has 0 aromatic heterocycles. The Balaban J connectivity index is 1.94. The quantitative estimate of drug-likeness (QED) is 0.795. The molecule has 1 aromatic carbocycles. The van der Waals surface area contributed by atoms with E-state index in [9.17, 15) is 8.78 Å². The van der Waals surface area contributed by atoms with E-state index in [1.807, 2.05) is 0 Å². The van der Waals surface area contributed by atoms with Crippen molar-refractivity contribution in [3.8, 4) is 0 Å². The number of hydrogen-bond donors (Lipinski definition) is 1. The Morgan fingerprint density at radius 2 is 1.87 bits per heavy atom. The summed E-state index contributed by atoms with van der Waals surface area (Å²) in [6.45, 7) is 0.672. The molecule has 15 heavy (non-hydrogen) atoms. The summed E-state index contributed by atoms with van der Waals surface area (Å²) in [5.74, 6) is -1.40. The van der Waals surface area contributed by atoms with E-state index < -0.39 is 11.6 Å². The van der Waals surface area contributed by atoms with Crippen molar-refractivity contribution in [2.45, 2.75) is 24.7 Å². The van der Waals surface area contributed by atoms with Gasteiger partial charge in [-0.25, -0.2) is 8.78 Å². The van der Waals surface area contributed by atoms with Crippen molar-refractivity contribution < 1.29 is 8.78 Å². The van der Waals surface area contributed by atoms with Gasteiger partial charge >= 0.3 is 0 Å². The molecule has 0 heterocycles. The molecule has 80 valence electrons. The van der Waals surface area contributed by atoms with Crippen molar-refractivity contribution in [3.05, 3.63) is 35.4 Å². The van der Waals surface area contributed by atoms with Crippen molar-refractivity contribution in [2.24, 2.45) is 11.1 Å². The maximum atomic E-state index is 13.6. The Labute approximate surface area is 87.3 Å².